The number of nitrogens with zero attached hydrogens (tertiary/aromatic N) is 1. The number of hydrogen-bond acceptors (Lipinski definition) is 3. The van der Waals surface area contributed by atoms with Crippen molar-refractivity contribution in [1.82, 2.24) is 4.31 Å². The van der Waals surface area contributed by atoms with Gasteiger partial charge in [0.05, 0.1) is 11.9 Å². The fourth-order valence-electron chi connectivity index (χ4n) is 1.98. The molecule has 1 N–H and O–H groups in total. The second kappa shape index (κ2) is 5.16. The van der Waals surface area contributed by atoms with Crippen LogP contribution in [0, 0.1) is 0 Å². The van der Waals surface area contributed by atoms with Crippen molar-refractivity contribution < 1.29 is 13.5 Å². The Bertz CT molecular complexity index is 458. The largest absolute Gasteiger partial charge is 0.392 e. The summed E-state index contributed by atoms with van der Waals surface area (Å²) in [6.45, 7) is 0.690. The lowest BCUT2D eigenvalue weighted by atomic mass is 10.2. The molecular weight excluding hydrogens is 238 g/mol. The van der Waals surface area contributed by atoms with Gasteiger partial charge in [0.25, 0.3) is 0 Å². The predicted octanol–water partition coefficient (Wildman–Crippen LogP) is 0.626. The maximum atomic E-state index is 12.0. The summed E-state index contributed by atoms with van der Waals surface area (Å²) in [6.07, 6.45) is 0.571. The number of sulfonamides is 1. The van der Waals surface area contributed by atoms with Crippen LogP contribution >= 0.6 is 0 Å². The summed E-state index contributed by atoms with van der Waals surface area (Å²) in [6, 6.07) is 9.57. The number of aliphatic hydroxyl groups excluding tert-OH is 1. The third-order valence-corrected chi connectivity index (χ3v) is 4.85. The van der Waals surface area contributed by atoms with Gasteiger partial charge in [-0.2, -0.15) is 4.31 Å². The van der Waals surface area contributed by atoms with Crippen LogP contribution in [-0.2, 0) is 16.4 Å². The summed E-state index contributed by atoms with van der Waals surface area (Å²) < 4.78 is 25.3. The second-order valence-corrected chi connectivity index (χ2v) is 6.44. The molecular formula is C12H17NO3S. The monoisotopic (exact) mass is 255 g/mol. The van der Waals surface area contributed by atoms with E-state index in [2.05, 4.69) is 0 Å². The highest BCUT2D eigenvalue weighted by atomic mass is 32.2. The highest BCUT2D eigenvalue weighted by molar-refractivity contribution is 7.89. The number of aliphatic hydroxyl groups is 1. The molecule has 1 aliphatic heterocycles. The number of β-amino-alcohol motifs (C(OH)–C–C–N with tert-alkyl or cyclic N) is 1. The van der Waals surface area contributed by atoms with Crippen LogP contribution in [0.15, 0.2) is 30.3 Å². The maximum absolute atomic E-state index is 12.0. The Hall–Kier alpha value is -0.910. The van der Waals surface area contributed by atoms with E-state index in [0.29, 0.717) is 19.4 Å². The number of hydrogen-bond donors (Lipinski definition) is 1. The molecule has 17 heavy (non-hydrogen) atoms. The van der Waals surface area contributed by atoms with Gasteiger partial charge >= 0.3 is 0 Å². The number of benzene rings is 1. The van der Waals surface area contributed by atoms with E-state index < -0.39 is 16.1 Å². The zero-order chi connectivity index (χ0) is 12.3. The summed E-state index contributed by atoms with van der Waals surface area (Å²) in [5, 5.41) is 9.34. The van der Waals surface area contributed by atoms with Gasteiger partial charge in [0.15, 0.2) is 0 Å². The Morgan fingerprint density at radius 3 is 2.59 bits per heavy atom. The van der Waals surface area contributed by atoms with Crippen molar-refractivity contribution in [2.75, 3.05) is 18.8 Å². The van der Waals surface area contributed by atoms with Crippen molar-refractivity contribution in [1.29, 1.82) is 0 Å². The van der Waals surface area contributed by atoms with Gasteiger partial charge in [-0.1, -0.05) is 30.3 Å². The molecule has 1 fully saturated rings. The van der Waals surface area contributed by atoms with Crippen molar-refractivity contribution in [3.05, 3.63) is 35.9 Å². The van der Waals surface area contributed by atoms with Gasteiger partial charge in [-0.25, -0.2) is 8.42 Å². The molecule has 0 bridgehead atoms. The summed E-state index contributed by atoms with van der Waals surface area (Å²) in [5.74, 6) is 0.115. The van der Waals surface area contributed by atoms with E-state index in [1.54, 1.807) is 0 Å². The third-order valence-electron chi connectivity index (χ3n) is 3.01. The van der Waals surface area contributed by atoms with Crippen LogP contribution < -0.4 is 0 Å². The second-order valence-electron chi connectivity index (χ2n) is 4.35. The minimum Gasteiger partial charge on any atom is -0.392 e. The lowest BCUT2D eigenvalue weighted by molar-refractivity contribution is 0.189. The van der Waals surface area contributed by atoms with E-state index >= 15 is 0 Å². The fraction of sp³-hybridized carbons (Fsp3) is 0.500. The summed E-state index contributed by atoms with van der Waals surface area (Å²) in [7, 11) is -3.22. The molecule has 2 rings (SSSR count). The Kier molecular flexibility index (Phi) is 3.81. The van der Waals surface area contributed by atoms with Gasteiger partial charge in [-0.3, -0.25) is 0 Å². The minimum absolute atomic E-state index is 0.115. The lowest BCUT2D eigenvalue weighted by Gasteiger charge is -2.15. The molecule has 1 aromatic carbocycles. The fourth-order valence-corrected chi connectivity index (χ4v) is 3.52. The van der Waals surface area contributed by atoms with Crippen LogP contribution in [0.25, 0.3) is 0 Å². The van der Waals surface area contributed by atoms with Crippen molar-refractivity contribution in [2.45, 2.75) is 18.9 Å². The van der Waals surface area contributed by atoms with E-state index in [1.165, 1.54) is 4.31 Å². The molecule has 1 saturated heterocycles. The van der Waals surface area contributed by atoms with Crippen LogP contribution in [0.5, 0.6) is 0 Å². The maximum Gasteiger partial charge on any atom is 0.214 e. The Balaban J connectivity index is 1.94. The highest BCUT2D eigenvalue weighted by Crippen LogP contribution is 2.15. The molecule has 94 valence electrons. The molecule has 0 spiro atoms. The first-order valence-corrected chi connectivity index (χ1v) is 7.39. The minimum atomic E-state index is -3.22. The third kappa shape index (κ3) is 3.28. The van der Waals surface area contributed by atoms with Gasteiger partial charge < -0.3 is 5.11 Å². The molecule has 0 radical (unpaired) electrons. The van der Waals surface area contributed by atoms with E-state index in [9.17, 15) is 13.5 Å². The van der Waals surface area contributed by atoms with Gasteiger partial charge in [0.1, 0.15) is 0 Å². The lowest BCUT2D eigenvalue weighted by Crippen LogP contribution is -2.32. The first-order chi connectivity index (χ1) is 8.08. The number of aryl methyl sites for hydroxylation is 1. The SMILES string of the molecule is O=S(=O)(CCc1ccccc1)N1CC[C@H](O)C1. The van der Waals surface area contributed by atoms with Gasteiger partial charge in [-0.15, -0.1) is 0 Å². The zero-order valence-electron chi connectivity index (χ0n) is 9.62. The summed E-state index contributed by atoms with van der Waals surface area (Å²) in [4.78, 5) is 0. The molecule has 4 nitrogen and oxygen atoms in total. The standard InChI is InChI=1S/C12H17NO3S/c14-12-6-8-13(10-12)17(15,16)9-7-11-4-2-1-3-5-11/h1-5,12,14H,6-10H2/t12-/m0/s1. The number of rotatable bonds is 4. The van der Waals surface area contributed by atoms with Crippen LogP contribution in [0.2, 0.25) is 0 Å². The van der Waals surface area contributed by atoms with Gasteiger partial charge in [0, 0.05) is 13.1 Å². The molecule has 1 heterocycles. The Labute approximate surface area is 102 Å². The highest BCUT2D eigenvalue weighted by Gasteiger charge is 2.29. The molecule has 0 aromatic heterocycles. The van der Waals surface area contributed by atoms with E-state index in [-0.39, 0.29) is 12.3 Å². The molecule has 0 saturated carbocycles. The van der Waals surface area contributed by atoms with Crippen LogP contribution in [0.3, 0.4) is 0 Å². The van der Waals surface area contributed by atoms with E-state index in [1.807, 2.05) is 30.3 Å². The first-order valence-electron chi connectivity index (χ1n) is 5.78. The van der Waals surface area contributed by atoms with Gasteiger partial charge in [0.2, 0.25) is 10.0 Å². The van der Waals surface area contributed by atoms with Crippen molar-refractivity contribution >= 4 is 10.0 Å². The average molecular weight is 255 g/mol. The van der Waals surface area contributed by atoms with E-state index in [4.69, 9.17) is 0 Å². The van der Waals surface area contributed by atoms with Gasteiger partial charge in [-0.05, 0) is 18.4 Å². The van der Waals surface area contributed by atoms with Crippen LogP contribution in [0.1, 0.15) is 12.0 Å². The predicted molar refractivity (Wildman–Crippen MR) is 66.1 cm³/mol. The van der Waals surface area contributed by atoms with Crippen LogP contribution in [0.4, 0.5) is 0 Å². The molecule has 5 heteroatoms. The van der Waals surface area contributed by atoms with Crippen LogP contribution in [-0.4, -0.2) is 42.8 Å². The molecule has 0 amide bonds. The molecule has 1 aliphatic rings. The Morgan fingerprint density at radius 2 is 2.00 bits per heavy atom. The topological polar surface area (TPSA) is 57.6 Å². The summed E-state index contributed by atoms with van der Waals surface area (Å²) >= 11 is 0. The first kappa shape index (κ1) is 12.5. The van der Waals surface area contributed by atoms with Crippen molar-refractivity contribution in [2.24, 2.45) is 0 Å². The Morgan fingerprint density at radius 1 is 1.29 bits per heavy atom. The smallest absolute Gasteiger partial charge is 0.214 e. The summed E-state index contributed by atoms with van der Waals surface area (Å²) in [5.41, 5.74) is 1.02. The molecule has 0 unspecified atom stereocenters. The van der Waals surface area contributed by atoms with Crippen molar-refractivity contribution in [3.63, 3.8) is 0 Å². The molecule has 1 aromatic rings. The van der Waals surface area contributed by atoms with E-state index in [0.717, 1.165) is 5.56 Å². The normalized spacial score (nSPS) is 21.8. The molecule has 0 aliphatic carbocycles. The average Bonchev–Trinajstić information content (AvgIpc) is 2.76. The zero-order valence-corrected chi connectivity index (χ0v) is 10.4. The molecule has 1 atom stereocenters. The van der Waals surface area contributed by atoms with Crippen molar-refractivity contribution in [3.8, 4) is 0 Å². The quantitative estimate of drug-likeness (QED) is 0.858.